The first-order valence-electron chi connectivity index (χ1n) is 5.85. The summed E-state index contributed by atoms with van der Waals surface area (Å²) in [6.45, 7) is 1.28. The maximum atomic E-state index is 12.2. The van der Waals surface area contributed by atoms with Gasteiger partial charge < -0.3 is 5.11 Å². The summed E-state index contributed by atoms with van der Waals surface area (Å²) in [7, 11) is -3.81. The van der Waals surface area contributed by atoms with Crippen LogP contribution in [-0.2, 0) is 16.6 Å². The van der Waals surface area contributed by atoms with Gasteiger partial charge in [0.15, 0.2) is 5.03 Å². The summed E-state index contributed by atoms with van der Waals surface area (Å²) in [4.78, 5) is 0. The van der Waals surface area contributed by atoms with Crippen LogP contribution >= 0.6 is 11.6 Å². The Labute approximate surface area is 121 Å². The topological polar surface area (TPSA) is 95.1 Å². The molecule has 0 aliphatic rings. The van der Waals surface area contributed by atoms with Crippen molar-refractivity contribution in [2.75, 3.05) is 0 Å². The van der Waals surface area contributed by atoms with Crippen LogP contribution in [0, 0.1) is 0 Å². The number of aromatic nitrogens is 2. The van der Waals surface area contributed by atoms with E-state index in [1.54, 1.807) is 31.2 Å². The Morgan fingerprint density at radius 2 is 2.15 bits per heavy atom. The van der Waals surface area contributed by atoms with E-state index in [0.717, 1.165) is 0 Å². The second kappa shape index (κ2) is 5.92. The Hall–Kier alpha value is -1.41. The highest BCUT2D eigenvalue weighted by molar-refractivity contribution is 7.89. The number of hydrogen-bond donors (Lipinski definition) is 3. The van der Waals surface area contributed by atoms with Crippen LogP contribution in [0.15, 0.2) is 35.5 Å². The number of nitrogens with zero attached hydrogens (tertiary/aromatic N) is 1. The molecular formula is C12H14ClN3O3S. The van der Waals surface area contributed by atoms with Gasteiger partial charge in [-0.05, 0) is 18.6 Å². The van der Waals surface area contributed by atoms with Crippen LogP contribution in [-0.4, -0.2) is 23.7 Å². The van der Waals surface area contributed by atoms with Gasteiger partial charge in [0.05, 0.1) is 12.8 Å². The molecule has 0 spiro atoms. The van der Waals surface area contributed by atoms with Crippen LogP contribution in [0.2, 0.25) is 5.02 Å². The molecule has 2 rings (SSSR count). The molecule has 8 heteroatoms. The third kappa shape index (κ3) is 3.01. The van der Waals surface area contributed by atoms with Crippen LogP contribution in [0.5, 0.6) is 0 Å². The number of hydrogen-bond acceptors (Lipinski definition) is 4. The molecule has 0 aliphatic carbocycles. The summed E-state index contributed by atoms with van der Waals surface area (Å²) in [6.07, 6.45) is 1.27. The lowest BCUT2D eigenvalue weighted by molar-refractivity contribution is 0.278. The van der Waals surface area contributed by atoms with Crippen molar-refractivity contribution in [3.63, 3.8) is 0 Å². The van der Waals surface area contributed by atoms with Gasteiger partial charge in [-0.2, -0.15) is 5.10 Å². The van der Waals surface area contributed by atoms with Gasteiger partial charge in [0.25, 0.3) is 10.0 Å². The molecule has 1 aromatic heterocycles. The van der Waals surface area contributed by atoms with E-state index in [1.807, 2.05) is 0 Å². The predicted molar refractivity (Wildman–Crippen MR) is 74.7 cm³/mol. The number of H-pyrrole nitrogens is 1. The summed E-state index contributed by atoms with van der Waals surface area (Å²) >= 11 is 6.04. The van der Waals surface area contributed by atoms with Gasteiger partial charge in [-0.1, -0.05) is 29.8 Å². The average Bonchev–Trinajstić information content (AvgIpc) is 2.87. The second-order valence-electron chi connectivity index (χ2n) is 4.25. The molecule has 2 aromatic rings. The minimum absolute atomic E-state index is 0.140. The minimum Gasteiger partial charge on any atom is -0.392 e. The molecule has 0 saturated carbocycles. The van der Waals surface area contributed by atoms with Gasteiger partial charge in [-0.15, -0.1) is 0 Å². The molecule has 0 fully saturated rings. The van der Waals surface area contributed by atoms with Crippen molar-refractivity contribution in [1.82, 2.24) is 14.9 Å². The zero-order valence-electron chi connectivity index (χ0n) is 10.7. The molecule has 0 aliphatic heterocycles. The van der Waals surface area contributed by atoms with Crippen molar-refractivity contribution in [3.05, 3.63) is 46.6 Å². The van der Waals surface area contributed by atoms with E-state index >= 15 is 0 Å². The Morgan fingerprint density at radius 3 is 2.80 bits per heavy atom. The Kier molecular flexibility index (Phi) is 4.44. The van der Waals surface area contributed by atoms with Crippen molar-refractivity contribution in [3.8, 4) is 0 Å². The van der Waals surface area contributed by atoms with E-state index in [9.17, 15) is 8.42 Å². The predicted octanol–water partition coefficient (Wildman–Crippen LogP) is 1.59. The summed E-state index contributed by atoms with van der Waals surface area (Å²) in [6, 6.07) is 6.48. The van der Waals surface area contributed by atoms with E-state index in [4.69, 9.17) is 16.7 Å². The molecular weight excluding hydrogens is 302 g/mol. The highest BCUT2D eigenvalue weighted by atomic mass is 35.5. The molecule has 1 heterocycles. The molecule has 0 saturated heterocycles. The fourth-order valence-corrected chi connectivity index (χ4v) is 3.47. The zero-order valence-corrected chi connectivity index (χ0v) is 12.2. The number of aliphatic hydroxyl groups is 1. The number of nitrogens with one attached hydrogen (secondary N) is 2. The maximum Gasteiger partial charge on any atom is 0.258 e. The number of rotatable bonds is 5. The quantitative estimate of drug-likeness (QED) is 0.781. The molecule has 108 valence electrons. The summed E-state index contributed by atoms with van der Waals surface area (Å²) < 4.78 is 27.0. The van der Waals surface area contributed by atoms with E-state index in [-0.39, 0.29) is 10.6 Å². The molecule has 20 heavy (non-hydrogen) atoms. The molecule has 6 nitrogen and oxygen atoms in total. The lowest BCUT2D eigenvalue weighted by atomic mass is 10.1. The van der Waals surface area contributed by atoms with E-state index in [2.05, 4.69) is 14.9 Å². The third-order valence-corrected chi connectivity index (χ3v) is 4.72. The normalized spacial score (nSPS) is 13.3. The minimum atomic E-state index is -3.81. The van der Waals surface area contributed by atoms with Gasteiger partial charge in [-0.25, -0.2) is 13.1 Å². The number of sulfonamides is 1. The fraction of sp³-hybridized carbons (Fsp3) is 0.250. The first-order chi connectivity index (χ1) is 9.45. The third-order valence-electron chi connectivity index (χ3n) is 2.82. The van der Waals surface area contributed by atoms with Crippen molar-refractivity contribution in [1.29, 1.82) is 0 Å². The van der Waals surface area contributed by atoms with Crippen molar-refractivity contribution in [2.45, 2.75) is 24.6 Å². The zero-order chi connectivity index (χ0) is 14.8. The second-order valence-corrected chi connectivity index (χ2v) is 6.30. The molecule has 0 bridgehead atoms. The molecule has 1 atom stereocenters. The van der Waals surface area contributed by atoms with Crippen LogP contribution in [0.4, 0.5) is 0 Å². The van der Waals surface area contributed by atoms with Crippen LogP contribution in [0.1, 0.15) is 24.1 Å². The smallest absolute Gasteiger partial charge is 0.258 e. The van der Waals surface area contributed by atoms with E-state index in [1.165, 1.54) is 6.20 Å². The first kappa shape index (κ1) is 15.0. The molecule has 1 aromatic carbocycles. The summed E-state index contributed by atoms with van der Waals surface area (Å²) in [5.74, 6) is 0. The van der Waals surface area contributed by atoms with Crippen LogP contribution < -0.4 is 4.72 Å². The number of halogens is 1. The van der Waals surface area contributed by atoms with E-state index in [0.29, 0.717) is 10.6 Å². The highest BCUT2D eigenvalue weighted by Crippen LogP contribution is 2.24. The lowest BCUT2D eigenvalue weighted by Gasteiger charge is -2.15. The van der Waals surface area contributed by atoms with Crippen molar-refractivity contribution < 1.29 is 13.5 Å². The largest absolute Gasteiger partial charge is 0.392 e. The van der Waals surface area contributed by atoms with Gasteiger partial charge in [0, 0.05) is 16.6 Å². The van der Waals surface area contributed by atoms with Gasteiger partial charge >= 0.3 is 0 Å². The molecule has 1 unspecified atom stereocenters. The number of benzene rings is 1. The summed E-state index contributed by atoms with van der Waals surface area (Å²) in [5.41, 5.74) is 0.881. The summed E-state index contributed by atoms with van der Waals surface area (Å²) in [5, 5.41) is 15.4. The van der Waals surface area contributed by atoms with Gasteiger partial charge in [0.1, 0.15) is 0 Å². The average molecular weight is 316 g/mol. The highest BCUT2D eigenvalue weighted by Gasteiger charge is 2.23. The standard InChI is InChI=1S/C12H14ClN3O3S/c1-8(10-4-2-3-5-11(10)13)16-20(18,19)12-9(7-17)6-14-15-12/h2-6,8,16-17H,7H2,1H3,(H,14,15). The van der Waals surface area contributed by atoms with Crippen molar-refractivity contribution >= 4 is 21.6 Å². The number of aromatic amines is 1. The maximum absolute atomic E-state index is 12.2. The number of aliphatic hydroxyl groups excluding tert-OH is 1. The van der Waals surface area contributed by atoms with Crippen molar-refractivity contribution in [2.24, 2.45) is 0 Å². The molecule has 0 amide bonds. The van der Waals surface area contributed by atoms with Gasteiger partial charge in [-0.3, -0.25) is 5.10 Å². The lowest BCUT2D eigenvalue weighted by Crippen LogP contribution is -2.28. The van der Waals surface area contributed by atoms with E-state index < -0.39 is 22.7 Å². The Balaban J connectivity index is 2.27. The molecule has 3 N–H and O–H groups in total. The monoisotopic (exact) mass is 315 g/mol. The van der Waals surface area contributed by atoms with Crippen LogP contribution in [0.25, 0.3) is 0 Å². The molecule has 0 radical (unpaired) electrons. The Bertz CT molecular complexity index is 699. The Morgan fingerprint density at radius 1 is 1.45 bits per heavy atom. The SMILES string of the molecule is CC(NS(=O)(=O)c1[nH]ncc1CO)c1ccccc1Cl. The first-order valence-corrected chi connectivity index (χ1v) is 7.71. The van der Waals surface area contributed by atoms with Gasteiger partial charge in [0.2, 0.25) is 0 Å². The fourth-order valence-electron chi connectivity index (χ4n) is 1.83. The van der Waals surface area contributed by atoms with Crippen LogP contribution in [0.3, 0.4) is 0 Å².